The summed E-state index contributed by atoms with van der Waals surface area (Å²) in [6.07, 6.45) is 0.664. The fourth-order valence-electron chi connectivity index (χ4n) is 1.68. The van der Waals surface area contributed by atoms with Crippen LogP contribution in [0.1, 0.15) is 17.2 Å². The summed E-state index contributed by atoms with van der Waals surface area (Å²) >= 11 is 5.03. The molecule has 1 atom stereocenters. The van der Waals surface area contributed by atoms with Crippen molar-refractivity contribution in [2.75, 3.05) is 0 Å². The molecule has 1 heterocycles. The number of hydrazine groups is 1. The Balaban J connectivity index is 2.15. The van der Waals surface area contributed by atoms with E-state index in [4.69, 9.17) is 5.84 Å². The minimum atomic E-state index is -0.218. The maximum atomic E-state index is 13.1. The van der Waals surface area contributed by atoms with E-state index in [1.807, 2.05) is 17.5 Å². The molecule has 0 radical (unpaired) electrons. The van der Waals surface area contributed by atoms with Gasteiger partial charge in [0.2, 0.25) is 0 Å². The molecule has 0 bridgehead atoms. The topological polar surface area (TPSA) is 38.0 Å². The molecule has 0 aliphatic heterocycles. The second-order valence-electron chi connectivity index (χ2n) is 3.74. The standard InChI is InChI=1S/C12H12BrFN2S/c13-12-6-9(7-17-12)11(16-15)5-8-2-1-3-10(14)4-8/h1-4,6-7,11,16H,5,15H2. The van der Waals surface area contributed by atoms with E-state index in [1.165, 1.54) is 12.1 Å². The molecule has 2 aromatic rings. The molecule has 1 aromatic carbocycles. The molecular weight excluding hydrogens is 303 g/mol. The molecule has 5 heteroatoms. The van der Waals surface area contributed by atoms with Crippen molar-refractivity contribution in [3.63, 3.8) is 0 Å². The summed E-state index contributed by atoms with van der Waals surface area (Å²) in [5.41, 5.74) is 4.79. The molecular formula is C12H12BrFN2S. The van der Waals surface area contributed by atoms with Crippen LogP contribution in [0.4, 0.5) is 4.39 Å². The van der Waals surface area contributed by atoms with Crippen molar-refractivity contribution in [2.24, 2.45) is 5.84 Å². The van der Waals surface area contributed by atoms with E-state index in [0.29, 0.717) is 6.42 Å². The normalized spacial score (nSPS) is 12.6. The lowest BCUT2D eigenvalue weighted by Crippen LogP contribution is -2.29. The van der Waals surface area contributed by atoms with Gasteiger partial charge in [0.15, 0.2) is 0 Å². The highest BCUT2D eigenvalue weighted by atomic mass is 79.9. The zero-order chi connectivity index (χ0) is 12.3. The Morgan fingerprint density at radius 1 is 1.41 bits per heavy atom. The predicted octanol–water partition coefficient (Wildman–Crippen LogP) is 3.40. The molecule has 0 saturated carbocycles. The van der Waals surface area contributed by atoms with Crippen LogP contribution in [0, 0.1) is 5.82 Å². The number of nitrogens with one attached hydrogen (secondary N) is 1. The summed E-state index contributed by atoms with van der Waals surface area (Å²) in [5.74, 6) is 5.33. The van der Waals surface area contributed by atoms with Gasteiger partial charge in [-0.15, -0.1) is 11.3 Å². The minimum absolute atomic E-state index is 0.000602. The largest absolute Gasteiger partial charge is 0.271 e. The van der Waals surface area contributed by atoms with Gasteiger partial charge in [-0.05, 0) is 57.1 Å². The Labute approximate surface area is 112 Å². The van der Waals surface area contributed by atoms with Gasteiger partial charge in [-0.25, -0.2) is 4.39 Å². The van der Waals surface area contributed by atoms with Crippen LogP contribution >= 0.6 is 27.3 Å². The smallest absolute Gasteiger partial charge is 0.123 e. The van der Waals surface area contributed by atoms with Crippen LogP contribution in [-0.4, -0.2) is 0 Å². The van der Waals surface area contributed by atoms with Gasteiger partial charge in [0.1, 0.15) is 5.82 Å². The van der Waals surface area contributed by atoms with Crippen molar-refractivity contribution in [3.05, 3.63) is 56.4 Å². The molecule has 3 N–H and O–H groups in total. The average Bonchev–Trinajstić information content (AvgIpc) is 2.73. The first kappa shape index (κ1) is 12.7. The van der Waals surface area contributed by atoms with Crippen molar-refractivity contribution in [2.45, 2.75) is 12.5 Å². The molecule has 0 aliphatic rings. The SMILES string of the molecule is NNC(Cc1cccc(F)c1)c1csc(Br)c1. The van der Waals surface area contributed by atoms with Crippen LogP contribution in [0.3, 0.4) is 0 Å². The Hall–Kier alpha value is -0.750. The fourth-order valence-corrected chi connectivity index (χ4v) is 2.91. The predicted molar refractivity (Wildman–Crippen MR) is 72.2 cm³/mol. The second-order valence-corrected chi connectivity index (χ2v) is 6.03. The van der Waals surface area contributed by atoms with Gasteiger partial charge in [-0.2, -0.15) is 0 Å². The summed E-state index contributed by atoms with van der Waals surface area (Å²) in [6, 6.07) is 8.60. The molecule has 2 rings (SSSR count). The van der Waals surface area contributed by atoms with E-state index in [2.05, 4.69) is 21.4 Å². The van der Waals surface area contributed by atoms with Gasteiger partial charge in [0.05, 0.1) is 9.83 Å². The van der Waals surface area contributed by atoms with Crippen LogP contribution in [0.2, 0.25) is 0 Å². The van der Waals surface area contributed by atoms with E-state index < -0.39 is 0 Å². The maximum Gasteiger partial charge on any atom is 0.123 e. The Morgan fingerprint density at radius 3 is 2.82 bits per heavy atom. The summed E-state index contributed by atoms with van der Waals surface area (Å²) in [4.78, 5) is 0. The van der Waals surface area contributed by atoms with Gasteiger partial charge >= 0.3 is 0 Å². The number of rotatable bonds is 4. The van der Waals surface area contributed by atoms with Crippen molar-refractivity contribution < 1.29 is 4.39 Å². The van der Waals surface area contributed by atoms with E-state index in [1.54, 1.807) is 17.4 Å². The van der Waals surface area contributed by atoms with Gasteiger partial charge in [0.25, 0.3) is 0 Å². The zero-order valence-corrected chi connectivity index (χ0v) is 11.4. The quantitative estimate of drug-likeness (QED) is 0.670. The molecule has 17 heavy (non-hydrogen) atoms. The summed E-state index contributed by atoms with van der Waals surface area (Å²) < 4.78 is 14.1. The lowest BCUT2D eigenvalue weighted by Gasteiger charge is -2.14. The van der Waals surface area contributed by atoms with Crippen LogP contribution < -0.4 is 11.3 Å². The Bertz CT molecular complexity index is 501. The lowest BCUT2D eigenvalue weighted by atomic mass is 10.0. The van der Waals surface area contributed by atoms with E-state index in [-0.39, 0.29) is 11.9 Å². The third-order valence-electron chi connectivity index (χ3n) is 2.52. The minimum Gasteiger partial charge on any atom is -0.271 e. The molecule has 0 aliphatic carbocycles. The number of halogens is 2. The Kier molecular flexibility index (Phi) is 4.28. The molecule has 2 nitrogen and oxygen atoms in total. The second kappa shape index (κ2) is 5.73. The summed E-state index contributed by atoms with van der Waals surface area (Å²) in [6.45, 7) is 0. The third-order valence-corrected chi connectivity index (χ3v) is 4.04. The summed E-state index contributed by atoms with van der Waals surface area (Å²) in [7, 11) is 0. The van der Waals surface area contributed by atoms with Crippen molar-refractivity contribution in [1.29, 1.82) is 0 Å². The molecule has 0 spiro atoms. The van der Waals surface area contributed by atoms with Gasteiger partial charge in [0, 0.05) is 0 Å². The molecule has 90 valence electrons. The average molecular weight is 315 g/mol. The molecule has 0 amide bonds. The van der Waals surface area contributed by atoms with Gasteiger partial charge in [-0.1, -0.05) is 12.1 Å². The first-order chi connectivity index (χ1) is 8.19. The zero-order valence-electron chi connectivity index (χ0n) is 8.99. The van der Waals surface area contributed by atoms with E-state index in [0.717, 1.165) is 14.9 Å². The van der Waals surface area contributed by atoms with Gasteiger partial charge < -0.3 is 0 Å². The highest BCUT2D eigenvalue weighted by molar-refractivity contribution is 9.11. The molecule has 0 saturated heterocycles. The van der Waals surface area contributed by atoms with E-state index >= 15 is 0 Å². The number of hydrogen-bond donors (Lipinski definition) is 2. The van der Waals surface area contributed by atoms with Gasteiger partial charge in [-0.3, -0.25) is 11.3 Å². The fraction of sp³-hybridized carbons (Fsp3) is 0.167. The van der Waals surface area contributed by atoms with Crippen molar-refractivity contribution in [1.82, 2.24) is 5.43 Å². The number of hydrogen-bond acceptors (Lipinski definition) is 3. The van der Waals surface area contributed by atoms with Crippen LogP contribution in [-0.2, 0) is 6.42 Å². The highest BCUT2D eigenvalue weighted by Gasteiger charge is 2.12. The third kappa shape index (κ3) is 3.35. The van der Waals surface area contributed by atoms with Crippen molar-refractivity contribution >= 4 is 27.3 Å². The number of thiophene rings is 1. The summed E-state index contributed by atoms with van der Waals surface area (Å²) in [5, 5.41) is 2.04. The Morgan fingerprint density at radius 2 is 2.24 bits per heavy atom. The number of nitrogens with two attached hydrogens (primary N) is 1. The van der Waals surface area contributed by atoms with E-state index in [9.17, 15) is 4.39 Å². The van der Waals surface area contributed by atoms with Crippen molar-refractivity contribution in [3.8, 4) is 0 Å². The highest BCUT2D eigenvalue weighted by Crippen LogP contribution is 2.27. The lowest BCUT2D eigenvalue weighted by molar-refractivity contribution is 0.550. The number of benzene rings is 1. The van der Waals surface area contributed by atoms with Crippen LogP contribution in [0.5, 0.6) is 0 Å². The molecule has 1 aromatic heterocycles. The van der Waals surface area contributed by atoms with Crippen LogP contribution in [0.25, 0.3) is 0 Å². The first-order valence-electron chi connectivity index (χ1n) is 5.13. The first-order valence-corrected chi connectivity index (χ1v) is 6.81. The monoisotopic (exact) mass is 314 g/mol. The molecule has 1 unspecified atom stereocenters. The van der Waals surface area contributed by atoms with Crippen LogP contribution in [0.15, 0.2) is 39.5 Å². The molecule has 0 fully saturated rings. The maximum absolute atomic E-state index is 13.1.